The van der Waals surface area contributed by atoms with Gasteiger partial charge in [0, 0.05) is 0 Å². The number of aliphatic carboxylic acids is 3. The van der Waals surface area contributed by atoms with Crippen molar-refractivity contribution in [3.05, 3.63) is 36.5 Å². The van der Waals surface area contributed by atoms with Crippen LogP contribution in [0.3, 0.4) is 0 Å². The van der Waals surface area contributed by atoms with Gasteiger partial charge in [0.25, 0.3) is 0 Å². The van der Waals surface area contributed by atoms with E-state index in [-0.39, 0.29) is 21.7 Å². The molecule has 0 rings (SSSR count). The van der Waals surface area contributed by atoms with Crippen LogP contribution in [0.25, 0.3) is 0 Å². The van der Waals surface area contributed by atoms with Crippen LogP contribution in [-0.4, -0.2) is 29.3 Å². The Hall–Kier alpha value is 0.954. The standard InChI is InChI=1S/3C4H3Cl3O2.Ti/c3*5-4(6,7)2-1-3(8)9;/h3*1-2H,(H,8,9);/q;;;+3/p-3/b3*2-1+;. The maximum Gasteiger partial charge on any atom is 3.00 e. The van der Waals surface area contributed by atoms with Crippen LogP contribution in [-0.2, 0) is 36.1 Å². The average molecular weight is 613 g/mol. The number of carbonyl (C=O) groups is 3. The maximum absolute atomic E-state index is 9.67. The number of rotatable bonds is 3. The molecule has 0 saturated carbocycles. The Morgan fingerprint density at radius 1 is 0.500 bits per heavy atom. The van der Waals surface area contributed by atoms with Gasteiger partial charge in [-0.15, -0.1) is 0 Å². The number of carbonyl (C=O) groups excluding carboxylic acids is 3. The minimum absolute atomic E-state index is 0. The van der Waals surface area contributed by atoms with Gasteiger partial charge in [-0.2, -0.15) is 0 Å². The molecule has 0 spiro atoms. The predicted octanol–water partition coefficient (Wildman–Crippen LogP) is 1.99. The molecule has 157 valence electrons. The number of alkyl halides is 9. The molecule has 1 radical (unpaired) electrons. The quantitative estimate of drug-likeness (QED) is 0.273. The van der Waals surface area contributed by atoms with Crippen molar-refractivity contribution in [3.8, 4) is 0 Å². The first-order valence-corrected chi connectivity index (χ1v) is 9.06. The summed E-state index contributed by atoms with van der Waals surface area (Å²) in [6.45, 7) is 0. The van der Waals surface area contributed by atoms with Crippen molar-refractivity contribution in [1.29, 1.82) is 0 Å². The second-order valence-corrected chi connectivity index (χ2v) is 10.7. The van der Waals surface area contributed by atoms with Crippen molar-refractivity contribution < 1.29 is 51.4 Å². The monoisotopic (exact) mass is 609 g/mol. The largest absolute Gasteiger partial charge is 3.00 e. The van der Waals surface area contributed by atoms with Gasteiger partial charge in [0.05, 0.1) is 17.9 Å². The van der Waals surface area contributed by atoms with Gasteiger partial charge in [0.15, 0.2) is 0 Å². The molecule has 0 fully saturated rings. The normalized spacial score (nSPS) is 11.9. The summed E-state index contributed by atoms with van der Waals surface area (Å²) in [7, 11) is 0. The van der Waals surface area contributed by atoms with Crippen LogP contribution < -0.4 is 15.3 Å². The van der Waals surface area contributed by atoms with E-state index in [9.17, 15) is 29.7 Å². The van der Waals surface area contributed by atoms with Crippen LogP contribution in [0, 0.1) is 0 Å². The van der Waals surface area contributed by atoms with Gasteiger partial charge in [-0.1, -0.05) is 104 Å². The molecule has 0 unspecified atom stereocenters. The second kappa shape index (κ2) is 17.6. The topological polar surface area (TPSA) is 120 Å². The number of carboxylic acids is 3. The van der Waals surface area contributed by atoms with Crippen molar-refractivity contribution in [2.45, 2.75) is 11.4 Å². The third kappa shape index (κ3) is 50.5. The number of halogens is 9. The summed E-state index contributed by atoms with van der Waals surface area (Å²) in [5, 5.41) is 29.0. The van der Waals surface area contributed by atoms with E-state index in [1.807, 2.05) is 0 Å². The molecular weight excluding hydrogens is 607 g/mol. The van der Waals surface area contributed by atoms with E-state index < -0.39 is 29.3 Å². The SMILES string of the molecule is O=C([O-])/C=C/C(Cl)(Cl)Cl.O=C([O-])/C=C/C(Cl)(Cl)Cl.O=C([O-])/C=C/C(Cl)(Cl)Cl.[Ti+3]. The first kappa shape index (κ1) is 36.3. The molecule has 0 N–H and O–H groups in total. The van der Waals surface area contributed by atoms with E-state index in [0.717, 1.165) is 18.2 Å². The molecule has 6 nitrogen and oxygen atoms in total. The van der Waals surface area contributed by atoms with Crippen LogP contribution >= 0.6 is 104 Å². The summed E-state index contributed by atoms with van der Waals surface area (Å²) in [5.74, 6) is -4.16. The molecule has 28 heavy (non-hydrogen) atoms. The Bertz CT molecular complexity index is 493. The molecular formula is C12H6Cl9O6Ti. The zero-order valence-corrected chi connectivity index (χ0v) is 21.2. The van der Waals surface area contributed by atoms with Gasteiger partial charge in [-0.25, -0.2) is 0 Å². The number of hydrogen-bond donors (Lipinski definition) is 0. The number of carboxylic acid groups (broad SMARTS) is 3. The minimum Gasteiger partial charge on any atom is -0.545 e. The summed E-state index contributed by atoms with van der Waals surface area (Å²) in [4.78, 5) is 29.0. The molecule has 0 aromatic carbocycles. The van der Waals surface area contributed by atoms with Gasteiger partial charge < -0.3 is 29.7 Å². The first-order chi connectivity index (χ1) is 11.7. The van der Waals surface area contributed by atoms with Crippen molar-refractivity contribution in [2.75, 3.05) is 0 Å². The Kier molecular flexibility index (Phi) is 22.9. The Labute approximate surface area is 219 Å². The van der Waals surface area contributed by atoms with E-state index in [2.05, 4.69) is 0 Å². The average Bonchev–Trinajstić information content (AvgIpc) is 2.40. The fourth-order valence-corrected chi connectivity index (χ4v) is 1.05. The van der Waals surface area contributed by atoms with Crippen molar-refractivity contribution >= 4 is 122 Å². The summed E-state index contributed by atoms with van der Waals surface area (Å²) in [5.41, 5.74) is 0. The summed E-state index contributed by atoms with van der Waals surface area (Å²) < 4.78 is -4.96. The Balaban J connectivity index is -0.000000152. The molecule has 0 aliphatic rings. The van der Waals surface area contributed by atoms with Gasteiger partial charge in [0.1, 0.15) is 0 Å². The molecule has 0 atom stereocenters. The zero-order valence-electron chi connectivity index (χ0n) is 12.8. The Morgan fingerprint density at radius 3 is 0.679 bits per heavy atom. The molecule has 0 heterocycles. The first-order valence-electron chi connectivity index (χ1n) is 5.66. The Morgan fingerprint density at radius 2 is 0.643 bits per heavy atom. The summed E-state index contributed by atoms with van der Waals surface area (Å²) in [6.07, 6.45) is 4.67. The van der Waals surface area contributed by atoms with E-state index in [1.54, 1.807) is 0 Å². The third-order valence-corrected chi connectivity index (χ3v) is 2.36. The summed E-state index contributed by atoms with van der Waals surface area (Å²) >= 11 is 46.2. The van der Waals surface area contributed by atoms with Gasteiger partial charge >= 0.3 is 21.7 Å². The molecule has 0 saturated heterocycles. The van der Waals surface area contributed by atoms with Crippen LogP contribution in [0.2, 0.25) is 0 Å². The maximum atomic E-state index is 9.67. The second-order valence-electron chi connectivity index (χ2n) is 3.58. The molecule has 0 aliphatic heterocycles. The van der Waals surface area contributed by atoms with Crippen molar-refractivity contribution in [3.63, 3.8) is 0 Å². The summed E-state index contributed by atoms with van der Waals surface area (Å²) in [6, 6.07) is 0. The van der Waals surface area contributed by atoms with Crippen LogP contribution in [0.1, 0.15) is 0 Å². The molecule has 0 aromatic heterocycles. The fourth-order valence-electron chi connectivity index (χ4n) is 0.488. The van der Waals surface area contributed by atoms with Gasteiger partial charge in [-0.3, -0.25) is 0 Å². The number of allylic oxidation sites excluding steroid dienone is 3. The van der Waals surface area contributed by atoms with Crippen molar-refractivity contribution in [1.82, 2.24) is 0 Å². The molecule has 0 aromatic rings. The van der Waals surface area contributed by atoms with E-state index in [4.69, 9.17) is 104 Å². The van der Waals surface area contributed by atoms with Crippen molar-refractivity contribution in [2.24, 2.45) is 0 Å². The zero-order chi connectivity index (χ0) is 22.5. The molecule has 16 heteroatoms. The molecule has 0 aliphatic carbocycles. The van der Waals surface area contributed by atoms with Gasteiger partial charge in [-0.05, 0) is 36.5 Å². The molecule has 0 bridgehead atoms. The smallest absolute Gasteiger partial charge is 0.545 e. The predicted molar refractivity (Wildman–Crippen MR) is 103 cm³/mol. The van der Waals surface area contributed by atoms with Crippen LogP contribution in [0.15, 0.2) is 36.5 Å². The number of hydrogen-bond acceptors (Lipinski definition) is 6. The van der Waals surface area contributed by atoms with E-state index in [1.165, 1.54) is 0 Å². The van der Waals surface area contributed by atoms with Crippen LogP contribution in [0.4, 0.5) is 0 Å². The molecule has 0 amide bonds. The third-order valence-electron chi connectivity index (χ3n) is 1.23. The fraction of sp³-hybridized carbons (Fsp3) is 0.250. The van der Waals surface area contributed by atoms with Crippen LogP contribution in [0.5, 0.6) is 0 Å². The van der Waals surface area contributed by atoms with E-state index in [0.29, 0.717) is 18.2 Å². The van der Waals surface area contributed by atoms with Gasteiger partial charge in [0.2, 0.25) is 11.4 Å². The van der Waals surface area contributed by atoms with E-state index >= 15 is 0 Å². The minimum atomic E-state index is -1.65.